The van der Waals surface area contributed by atoms with Crippen molar-refractivity contribution in [1.29, 1.82) is 0 Å². The monoisotopic (exact) mass is 236 g/mol. The third-order valence-corrected chi connectivity index (χ3v) is 2.71. The summed E-state index contributed by atoms with van der Waals surface area (Å²) in [5, 5.41) is 18.7. The highest BCUT2D eigenvalue weighted by atomic mass is 16.4. The van der Waals surface area contributed by atoms with E-state index in [2.05, 4.69) is 20.8 Å². The van der Waals surface area contributed by atoms with E-state index < -0.39 is 12.1 Å². The predicted molar refractivity (Wildman–Crippen MR) is 67.1 cm³/mol. The third kappa shape index (κ3) is 4.57. The van der Waals surface area contributed by atoms with Crippen LogP contribution in [0.25, 0.3) is 0 Å². The number of carbonyl (C=O) groups is 1. The van der Waals surface area contributed by atoms with Gasteiger partial charge in [-0.25, -0.2) is 4.79 Å². The highest BCUT2D eigenvalue weighted by Crippen LogP contribution is 2.27. The summed E-state index contributed by atoms with van der Waals surface area (Å²) in [4.78, 5) is 10.7. The molecule has 0 bridgehead atoms. The fraction of sp³-hybridized carbons (Fsp3) is 0.500. The summed E-state index contributed by atoms with van der Waals surface area (Å²) in [6.45, 7) is 6.40. The number of carboxylic acid groups (broad SMARTS) is 1. The van der Waals surface area contributed by atoms with Gasteiger partial charge in [0, 0.05) is 0 Å². The van der Waals surface area contributed by atoms with Crippen molar-refractivity contribution < 1.29 is 15.0 Å². The second kappa shape index (κ2) is 5.32. The first kappa shape index (κ1) is 13.7. The standard InChI is InChI=1S/C14H20O3/c1-14(2,3)9-8-12(15)10-4-6-11(7-5-10)13(16)17/h4-7,12,15H,8-9H2,1-3H3,(H,16,17). The van der Waals surface area contributed by atoms with Crippen molar-refractivity contribution in [1.82, 2.24) is 0 Å². The van der Waals surface area contributed by atoms with Crippen molar-refractivity contribution in [2.24, 2.45) is 5.41 Å². The molecule has 0 aliphatic rings. The van der Waals surface area contributed by atoms with Gasteiger partial charge in [0.2, 0.25) is 0 Å². The lowest BCUT2D eigenvalue weighted by Crippen LogP contribution is -2.08. The number of aliphatic hydroxyl groups is 1. The zero-order valence-electron chi connectivity index (χ0n) is 10.6. The number of hydrogen-bond acceptors (Lipinski definition) is 2. The van der Waals surface area contributed by atoms with Gasteiger partial charge in [-0.3, -0.25) is 0 Å². The molecule has 0 heterocycles. The van der Waals surface area contributed by atoms with Gasteiger partial charge in [0.15, 0.2) is 0 Å². The Labute approximate surface area is 102 Å². The second-order valence-electron chi connectivity index (χ2n) is 5.54. The molecule has 0 fully saturated rings. The third-order valence-electron chi connectivity index (χ3n) is 2.71. The Morgan fingerprint density at radius 1 is 1.24 bits per heavy atom. The molecule has 0 aliphatic heterocycles. The Morgan fingerprint density at radius 3 is 2.18 bits per heavy atom. The van der Waals surface area contributed by atoms with E-state index in [0.717, 1.165) is 12.0 Å². The van der Waals surface area contributed by atoms with Crippen molar-refractivity contribution in [3.63, 3.8) is 0 Å². The van der Waals surface area contributed by atoms with Gasteiger partial charge in [-0.15, -0.1) is 0 Å². The van der Waals surface area contributed by atoms with Crippen LogP contribution in [0.15, 0.2) is 24.3 Å². The van der Waals surface area contributed by atoms with E-state index in [-0.39, 0.29) is 11.0 Å². The summed E-state index contributed by atoms with van der Waals surface area (Å²) >= 11 is 0. The van der Waals surface area contributed by atoms with E-state index in [1.165, 1.54) is 12.1 Å². The predicted octanol–water partition coefficient (Wildman–Crippen LogP) is 3.24. The average molecular weight is 236 g/mol. The van der Waals surface area contributed by atoms with Crippen LogP contribution in [-0.4, -0.2) is 16.2 Å². The Bertz CT molecular complexity index is 373. The molecule has 1 aromatic rings. The SMILES string of the molecule is CC(C)(C)CCC(O)c1ccc(C(=O)O)cc1. The van der Waals surface area contributed by atoms with Gasteiger partial charge in [-0.1, -0.05) is 32.9 Å². The van der Waals surface area contributed by atoms with Crippen LogP contribution in [0.5, 0.6) is 0 Å². The largest absolute Gasteiger partial charge is 0.478 e. The molecule has 1 rings (SSSR count). The summed E-state index contributed by atoms with van der Waals surface area (Å²) < 4.78 is 0. The van der Waals surface area contributed by atoms with Gasteiger partial charge in [0.1, 0.15) is 0 Å². The number of hydrogen-bond donors (Lipinski definition) is 2. The Morgan fingerprint density at radius 2 is 1.76 bits per heavy atom. The highest BCUT2D eigenvalue weighted by Gasteiger charge is 2.15. The molecule has 2 N–H and O–H groups in total. The molecule has 0 saturated carbocycles. The molecule has 17 heavy (non-hydrogen) atoms. The van der Waals surface area contributed by atoms with Crippen LogP contribution in [0, 0.1) is 5.41 Å². The first-order valence-electron chi connectivity index (χ1n) is 5.81. The van der Waals surface area contributed by atoms with Crippen molar-refractivity contribution in [3.8, 4) is 0 Å². The number of aliphatic hydroxyl groups excluding tert-OH is 1. The molecular formula is C14H20O3. The van der Waals surface area contributed by atoms with E-state index in [1.807, 2.05) is 0 Å². The fourth-order valence-electron chi connectivity index (χ4n) is 1.58. The summed E-state index contributed by atoms with van der Waals surface area (Å²) in [5.74, 6) is -0.944. The maximum atomic E-state index is 10.7. The van der Waals surface area contributed by atoms with Crippen molar-refractivity contribution in [2.75, 3.05) is 0 Å². The fourth-order valence-corrected chi connectivity index (χ4v) is 1.58. The van der Waals surface area contributed by atoms with E-state index in [1.54, 1.807) is 12.1 Å². The molecule has 0 aliphatic carbocycles. The van der Waals surface area contributed by atoms with Crippen molar-refractivity contribution >= 4 is 5.97 Å². The molecule has 94 valence electrons. The van der Waals surface area contributed by atoms with Crippen LogP contribution in [0.3, 0.4) is 0 Å². The minimum absolute atomic E-state index is 0.196. The zero-order valence-corrected chi connectivity index (χ0v) is 10.6. The lowest BCUT2D eigenvalue weighted by atomic mass is 9.88. The molecule has 1 unspecified atom stereocenters. The average Bonchev–Trinajstić information content (AvgIpc) is 2.25. The van der Waals surface area contributed by atoms with E-state index >= 15 is 0 Å². The van der Waals surface area contributed by atoms with Crippen molar-refractivity contribution in [3.05, 3.63) is 35.4 Å². The number of benzene rings is 1. The Balaban J connectivity index is 2.63. The van der Waals surface area contributed by atoms with E-state index in [9.17, 15) is 9.90 Å². The number of carboxylic acids is 1. The zero-order chi connectivity index (χ0) is 13.1. The van der Waals surface area contributed by atoms with Gasteiger partial charge in [-0.05, 0) is 36.0 Å². The van der Waals surface area contributed by atoms with Gasteiger partial charge in [-0.2, -0.15) is 0 Å². The first-order chi connectivity index (χ1) is 7.79. The van der Waals surface area contributed by atoms with Crippen LogP contribution in [0.1, 0.15) is 55.6 Å². The normalized spacial score (nSPS) is 13.4. The molecule has 0 spiro atoms. The van der Waals surface area contributed by atoms with E-state index in [0.29, 0.717) is 6.42 Å². The minimum Gasteiger partial charge on any atom is -0.478 e. The highest BCUT2D eigenvalue weighted by molar-refractivity contribution is 5.87. The second-order valence-corrected chi connectivity index (χ2v) is 5.54. The summed E-state index contributed by atoms with van der Waals surface area (Å²) in [7, 11) is 0. The van der Waals surface area contributed by atoms with Crippen LogP contribution < -0.4 is 0 Å². The molecule has 3 nitrogen and oxygen atoms in total. The summed E-state index contributed by atoms with van der Waals surface area (Å²) in [6.07, 6.45) is 1.10. The van der Waals surface area contributed by atoms with Crippen LogP contribution in [-0.2, 0) is 0 Å². The minimum atomic E-state index is -0.944. The Hall–Kier alpha value is -1.35. The topological polar surface area (TPSA) is 57.5 Å². The number of rotatable bonds is 4. The molecule has 1 aromatic carbocycles. The lowest BCUT2D eigenvalue weighted by molar-refractivity contribution is 0.0696. The summed E-state index contributed by atoms with van der Waals surface area (Å²) in [5.41, 5.74) is 1.22. The van der Waals surface area contributed by atoms with Gasteiger partial charge < -0.3 is 10.2 Å². The maximum Gasteiger partial charge on any atom is 0.335 e. The van der Waals surface area contributed by atoms with Crippen LogP contribution in [0.2, 0.25) is 0 Å². The molecule has 3 heteroatoms. The van der Waals surface area contributed by atoms with Gasteiger partial charge in [0.05, 0.1) is 11.7 Å². The summed E-state index contributed by atoms with van der Waals surface area (Å²) in [6, 6.07) is 6.41. The smallest absolute Gasteiger partial charge is 0.335 e. The molecule has 0 amide bonds. The molecular weight excluding hydrogens is 216 g/mol. The lowest BCUT2D eigenvalue weighted by Gasteiger charge is -2.20. The maximum absolute atomic E-state index is 10.7. The van der Waals surface area contributed by atoms with Crippen LogP contribution >= 0.6 is 0 Å². The first-order valence-corrected chi connectivity index (χ1v) is 5.81. The quantitative estimate of drug-likeness (QED) is 0.843. The van der Waals surface area contributed by atoms with Crippen LogP contribution in [0.4, 0.5) is 0 Å². The van der Waals surface area contributed by atoms with Crippen molar-refractivity contribution in [2.45, 2.75) is 39.7 Å². The van der Waals surface area contributed by atoms with E-state index in [4.69, 9.17) is 5.11 Å². The Kier molecular flexibility index (Phi) is 4.29. The van der Waals surface area contributed by atoms with Gasteiger partial charge in [0.25, 0.3) is 0 Å². The molecule has 0 radical (unpaired) electrons. The molecule has 1 atom stereocenters. The number of aromatic carboxylic acids is 1. The van der Waals surface area contributed by atoms with Gasteiger partial charge >= 0.3 is 5.97 Å². The molecule has 0 aromatic heterocycles. The molecule has 0 saturated heterocycles.